The third-order valence-corrected chi connectivity index (χ3v) is 10.5. The summed E-state index contributed by atoms with van der Waals surface area (Å²) < 4.78 is 88.7. The van der Waals surface area contributed by atoms with Crippen LogP contribution in [0.4, 0.5) is 26.3 Å². The Balaban J connectivity index is 1.49. The Labute approximate surface area is 270 Å². The maximum atomic E-state index is 14.6. The van der Waals surface area contributed by atoms with E-state index >= 15 is 0 Å². The van der Waals surface area contributed by atoms with E-state index in [2.05, 4.69) is 9.97 Å². The molecule has 2 atom stereocenters. The number of halogens is 6. The number of thioether (sulfide) groups is 1. The summed E-state index contributed by atoms with van der Waals surface area (Å²) in [7, 11) is 0. The van der Waals surface area contributed by atoms with Crippen LogP contribution < -0.4 is 4.74 Å². The highest BCUT2D eigenvalue weighted by atomic mass is 32.2. The second kappa shape index (κ2) is 13.8. The van der Waals surface area contributed by atoms with Gasteiger partial charge in [-0.3, -0.25) is 19.6 Å². The van der Waals surface area contributed by atoms with Crippen LogP contribution in [0.2, 0.25) is 0 Å². The van der Waals surface area contributed by atoms with E-state index in [-0.39, 0.29) is 36.8 Å². The van der Waals surface area contributed by atoms with E-state index in [0.29, 0.717) is 43.7 Å². The molecule has 2 fully saturated rings. The topological polar surface area (TPSA) is 75.6 Å². The van der Waals surface area contributed by atoms with E-state index in [1.807, 2.05) is 12.1 Å². The molecular weight excluding hydrogens is 654 g/mol. The number of piperidine rings is 2. The highest BCUT2D eigenvalue weighted by molar-refractivity contribution is 8.00. The van der Waals surface area contributed by atoms with Gasteiger partial charge in [0.1, 0.15) is 10.6 Å². The van der Waals surface area contributed by atoms with E-state index in [1.54, 1.807) is 36.0 Å². The first kappa shape index (κ1) is 34.0. The van der Waals surface area contributed by atoms with E-state index in [4.69, 9.17) is 4.74 Å². The second-order valence-corrected chi connectivity index (χ2v) is 13.5. The summed E-state index contributed by atoms with van der Waals surface area (Å²) >= 11 is 2.09. The monoisotopic (exact) mass is 686 g/mol. The van der Waals surface area contributed by atoms with Crippen LogP contribution in [-0.2, 0) is 17.1 Å². The summed E-state index contributed by atoms with van der Waals surface area (Å²) in [5.41, 5.74) is -3.64. The van der Waals surface area contributed by atoms with Crippen LogP contribution in [0.15, 0.2) is 59.3 Å². The molecule has 2 saturated heterocycles. The number of likely N-dealkylation sites (tertiary alicyclic amines) is 2. The Morgan fingerprint density at radius 1 is 1.02 bits per heavy atom. The van der Waals surface area contributed by atoms with Gasteiger partial charge in [-0.05, 0) is 43.9 Å². The number of carbonyl (C=O) groups excluding carboxylic acids is 2. The number of alkyl halides is 6. The molecule has 5 heterocycles. The molecular formula is C31H32F6N4O3S2. The standard InChI is InChI=1S/C31H32F6N4O3S2/c1-2-4-25-29(44-20-17-26(45-19-20)31(35,36)37,28(43)40-15-8-22(9-16-40)46-21-5-11-38-12-6-21)10-3-14-41(25)27(42)23-18-39-13-7-24(23)30(32,33)34/h5-7,11-13,17-19,22,25H,2-4,8-10,14-16H2,1H3/t25-,29+/m1/s1. The molecule has 0 bridgehead atoms. The largest absolute Gasteiger partial charge is 0.474 e. The molecule has 0 aromatic carbocycles. The quantitative estimate of drug-likeness (QED) is 0.228. The molecule has 3 aromatic rings. The number of nitrogens with zero attached hydrogens (tertiary/aromatic N) is 4. The minimum atomic E-state index is -4.84. The number of hydrogen-bond donors (Lipinski definition) is 0. The lowest BCUT2D eigenvalue weighted by Gasteiger charge is -2.50. The number of aromatic nitrogens is 2. The lowest BCUT2D eigenvalue weighted by atomic mass is 9.79. The van der Waals surface area contributed by atoms with Crippen molar-refractivity contribution < 1.29 is 40.7 Å². The van der Waals surface area contributed by atoms with Gasteiger partial charge in [-0.1, -0.05) is 13.3 Å². The molecule has 0 aliphatic carbocycles. The van der Waals surface area contributed by atoms with Gasteiger partial charge in [0.05, 0.1) is 17.2 Å². The summed E-state index contributed by atoms with van der Waals surface area (Å²) in [6.45, 7) is 2.53. The van der Waals surface area contributed by atoms with Crippen molar-refractivity contribution in [1.82, 2.24) is 19.8 Å². The zero-order valence-electron chi connectivity index (χ0n) is 24.8. The average molecular weight is 687 g/mol. The zero-order valence-corrected chi connectivity index (χ0v) is 26.4. The molecule has 2 amide bonds. The van der Waals surface area contributed by atoms with Crippen molar-refractivity contribution >= 4 is 34.9 Å². The molecule has 46 heavy (non-hydrogen) atoms. The van der Waals surface area contributed by atoms with Crippen LogP contribution in [-0.4, -0.2) is 68.1 Å². The molecule has 7 nitrogen and oxygen atoms in total. The van der Waals surface area contributed by atoms with Crippen molar-refractivity contribution in [2.24, 2.45) is 0 Å². The third-order valence-electron chi connectivity index (χ3n) is 8.24. The number of rotatable bonds is 8. The smallest absolute Gasteiger partial charge is 0.425 e. The summed E-state index contributed by atoms with van der Waals surface area (Å²) in [6, 6.07) is 4.29. The average Bonchev–Trinajstić information content (AvgIpc) is 3.51. The maximum absolute atomic E-state index is 14.6. The van der Waals surface area contributed by atoms with Crippen molar-refractivity contribution in [3.63, 3.8) is 0 Å². The number of pyridine rings is 2. The molecule has 15 heteroatoms. The van der Waals surface area contributed by atoms with Gasteiger partial charge in [0.2, 0.25) is 5.60 Å². The van der Waals surface area contributed by atoms with Crippen LogP contribution in [0, 0.1) is 0 Å². The van der Waals surface area contributed by atoms with E-state index in [0.717, 1.165) is 29.4 Å². The molecule has 248 valence electrons. The molecule has 0 saturated carbocycles. The Hall–Kier alpha value is -3.33. The zero-order chi connectivity index (χ0) is 33.1. The molecule has 0 radical (unpaired) electrons. The molecule has 0 spiro atoms. The molecule has 0 unspecified atom stereocenters. The molecule has 2 aliphatic rings. The highest BCUT2D eigenvalue weighted by Crippen LogP contribution is 2.43. The fourth-order valence-electron chi connectivity index (χ4n) is 6.16. The summed E-state index contributed by atoms with van der Waals surface area (Å²) in [5.74, 6) is -1.63. The van der Waals surface area contributed by atoms with Crippen molar-refractivity contribution in [3.05, 3.63) is 70.4 Å². The fraction of sp³-hybridized carbons (Fsp3) is 0.484. The molecule has 2 aliphatic heterocycles. The Morgan fingerprint density at radius 3 is 2.35 bits per heavy atom. The minimum Gasteiger partial charge on any atom is -0.474 e. The van der Waals surface area contributed by atoms with Crippen LogP contribution in [0.3, 0.4) is 0 Å². The number of carbonyl (C=O) groups is 2. The summed E-state index contributed by atoms with van der Waals surface area (Å²) in [4.78, 5) is 39.2. The maximum Gasteiger partial charge on any atom is 0.425 e. The first-order valence-electron chi connectivity index (χ1n) is 14.9. The number of amides is 2. The summed E-state index contributed by atoms with van der Waals surface area (Å²) in [6.07, 6.45) is -2.15. The van der Waals surface area contributed by atoms with Gasteiger partial charge in [-0.25, -0.2) is 0 Å². The first-order valence-corrected chi connectivity index (χ1v) is 16.6. The van der Waals surface area contributed by atoms with E-state index < -0.39 is 51.8 Å². The van der Waals surface area contributed by atoms with Gasteiger partial charge in [-0.2, -0.15) is 26.3 Å². The fourth-order valence-corrected chi connectivity index (χ4v) is 7.94. The lowest BCUT2D eigenvalue weighted by Crippen LogP contribution is -2.68. The van der Waals surface area contributed by atoms with Crippen LogP contribution in [0.5, 0.6) is 5.75 Å². The molecule has 5 rings (SSSR count). The number of ether oxygens (including phenoxy) is 1. The van der Waals surface area contributed by atoms with Gasteiger partial charge in [-0.15, -0.1) is 23.1 Å². The third kappa shape index (κ3) is 7.29. The Morgan fingerprint density at radius 2 is 1.72 bits per heavy atom. The van der Waals surface area contributed by atoms with Gasteiger partial charge >= 0.3 is 12.4 Å². The first-order chi connectivity index (χ1) is 21.8. The molecule has 3 aromatic heterocycles. The molecule has 0 N–H and O–H groups in total. The second-order valence-electron chi connectivity index (χ2n) is 11.3. The van der Waals surface area contributed by atoms with Crippen molar-refractivity contribution in [3.8, 4) is 5.75 Å². The Bertz CT molecular complexity index is 1510. The van der Waals surface area contributed by atoms with Gasteiger partial charge < -0.3 is 14.5 Å². The van der Waals surface area contributed by atoms with Gasteiger partial charge in [0.15, 0.2) is 0 Å². The van der Waals surface area contributed by atoms with Crippen LogP contribution in [0.25, 0.3) is 0 Å². The van der Waals surface area contributed by atoms with Crippen molar-refractivity contribution in [2.45, 2.75) is 79.6 Å². The predicted octanol–water partition coefficient (Wildman–Crippen LogP) is 7.58. The van der Waals surface area contributed by atoms with Gasteiger partial charge in [0, 0.05) is 72.4 Å². The summed E-state index contributed by atoms with van der Waals surface area (Å²) in [5, 5.41) is 1.37. The number of hydrogen-bond acceptors (Lipinski definition) is 7. The van der Waals surface area contributed by atoms with Crippen molar-refractivity contribution in [1.29, 1.82) is 0 Å². The van der Waals surface area contributed by atoms with E-state index in [9.17, 15) is 35.9 Å². The van der Waals surface area contributed by atoms with Crippen molar-refractivity contribution in [2.75, 3.05) is 19.6 Å². The van der Waals surface area contributed by atoms with Gasteiger partial charge in [0.25, 0.3) is 11.8 Å². The van der Waals surface area contributed by atoms with Crippen LogP contribution in [0.1, 0.15) is 66.2 Å². The van der Waals surface area contributed by atoms with Crippen LogP contribution >= 0.6 is 23.1 Å². The number of thiophene rings is 1. The minimum absolute atomic E-state index is 0.0379. The predicted molar refractivity (Wildman–Crippen MR) is 161 cm³/mol. The Kier molecular flexibility index (Phi) is 10.2. The van der Waals surface area contributed by atoms with E-state index in [1.165, 1.54) is 10.3 Å². The normalized spacial score (nSPS) is 21.3. The SMILES string of the molecule is CCC[C@H]1N(C(=O)c2cnccc2C(F)(F)F)CCC[C@@]1(Oc1csc(C(F)(F)F)c1)C(=O)N1CCC(Sc2ccncc2)CC1. The highest BCUT2D eigenvalue weighted by Gasteiger charge is 2.56. The lowest BCUT2D eigenvalue weighted by molar-refractivity contribution is -0.160.